The number of rotatable bonds is 4. The Hall–Kier alpha value is -2.11. The summed E-state index contributed by atoms with van der Waals surface area (Å²) in [6.07, 6.45) is 6.47. The van der Waals surface area contributed by atoms with E-state index in [0.717, 1.165) is 12.8 Å². The Morgan fingerprint density at radius 2 is 2.17 bits per heavy atom. The van der Waals surface area contributed by atoms with Crippen LogP contribution in [0.3, 0.4) is 0 Å². The van der Waals surface area contributed by atoms with E-state index in [1.54, 1.807) is 24.5 Å². The molecule has 0 bridgehead atoms. The molecule has 3 rings (SSSR count). The van der Waals surface area contributed by atoms with Crippen molar-refractivity contribution in [3.05, 3.63) is 30.1 Å². The first kappa shape index (κ1) is 16.7. The molecule has 1 aromatic heterocycles. The van der Waals surface area contributed by atoms with E-state index in [9.17, 15) is 9.59 Å². The van der Waals surface area contributed by atoms with Gasteiger partial charge in [0.1, 0.15) is 5.60 Å². The van der Waals surface area contributed by atoms with Crippen molar-refractivity contribution in [1.82, 2.24) is 14.8 Å². The van der Waals surface area contributed by atoms with Gasteiger partial charge in [-0.15, -0.1) is 0 Å². The topological polar surface area (TPSA) is 62.7 Å². The molecule has 0 saturated carbocycles. The maximum absolute atomic E-state index is 12.5. The lowest BCUT2D eigenvalue weighted by Crippen LogP contribution is -2.49. The van der Waals surface area contributed by atoms with E-state index in [-0.39, 0.29) is 18.0 Å². The van der Waals surface area contributed by atoms with E-state index in [1.165, 1.54) is 0 Å². The summed E-state index contributed by atoms with van der Waals surface area (Å²) in [7, 11) is 0. The molecule has 1 spiro atoms. The Bertz CT molecular complexity index is 597. The van der Waals surface area contributed by atoms with Gasteiger partial charge in [-0.05, 0) is 25.5 Å². The fourth-order valence-electron chi connectivity index (χ4n) is 3.61. The van der Waals surface area contributed by atoms with Crippen molar-refractivity contribution in [3.8, 4) is 0 Å². The maximum atomic E-state index is 12.5. The summed E-state index contributed by atoms with van der Waals surface area (Å²) in [6, 6.07) is 3.75. The number of hydrogen-bond acceptors (Lipinski definition) is 4. The zero-order valence-electron chi connectivity index (χ0n) is 14.4. The molecule has 130 valence electrons. The smallest absolute Gasteiger partial charge is 0.410 e. The molecule has 2 aliphatic heterocycles. The fourth-order valence-corrected chi connectivity index (χ4v) is 3.61. The molecular weight excluding hydrogens is 306 g/mol. The second-order valence-electron chi connectivity index (χ2n) is 6.85. The highest BCUT2D eigenvalue weighted by molar-refractivity contribution is 5.94. The Morgan fingerprint density at radius 3 is 2.79 bits per heavy atom. The molecule has 6 nitrogen and oxygen atoms in total. The zero-order valence-corrected chi connectivity index (χ0v) is 14.4. The summed E-state index contributed by atoms with van der Waals surface area (Å²) in [5.74, 6) is -0.00141. The molecule has 24 heavy (non-hydrogen) atoms. The number of nitrogens with zero attached hydrogens (tertiary/aromatic N) is 3. The van der Waals surface area contributed by atoms with Crippen LogP contribution in [0.15, 0.2) is 24.5 Å². The molecule has 2 amide bonds. The first-order chi connectivity index (χ1) is 11.5. The fraction of sp³-hybridized carbons (Fsp3) is 0.611. The van der Waals surface area contributed by atoms with Crippen molar-refractivity contribution in [2.45, 2.75) is 51.2 Å². The molecule has 2 aliphatic rings. The Morgan fingerprint density at radius 1 is 1.42 bits per heavy atom. The normalized spacial score (nSPS) is 21.0. The van der Waals surface area contributed by atoms with Crippen LogP contribution in [-0.2, 0) is 4.74 Å². The number of carbonyl (C=O) groups excluding carboxylic acids is 2. The molecule has 1 aromatic rings. The monoisotopic (exact) mass is 331 g/mol. The van der Waals surface area contributed by atoms with Gasteiger partial charge in [0, 0.05) is 44.4 Å². The molecule has 6 heteroatoms. The van der Waals surface area contributed by atoms with Crippen LogP contribution < -0.4 is 0 Å². The molecule has 3 heterocycles. The Labute approximate surface area is 142 Å². The van der Waals surface area contributed by atoms with Crippen LogP contribution in [0.25, 0.3) is 0 Å². The van der Waals surface area contributed by atoms with Crippen LogP contribution in [0.4, 0.5) is 4.79 Å². The highest BCUT2D eigenvalue weighted by Crippen LogP contribution is 2.35. The predicted octanol–water partition coefficient (Wildman–Crippen LogP) is 2.70. The van der Waals surface area contributed by atoms with E-state index in [4.69, 9.17) is 4.74 Å². The predicted molar refractivity (Wildman–Crippen MR) is 89.7 cm³/mol. The lowest BCUT2D eigenvalue weighted by molar-refractivity contribution is 0.00306. The van der Waals surface area contributed by atoms with Gasteiger partial charge < -0.3 is 14.5 Å². The summed E-state index contributed by atoms with van der Waals surface area (Å²) in [4.78, 5) is 32.4. The molecule has 0 N–H and O–H groups in total. The van der Waals surface area contributed by atoms with E-state index in [2.05, 4.69) is 18.8 Å². The van der Waals surface area contributed by atoms with Gasteiger partial charge in [-0.25, -0.2) is 4.79 Å². The third kappa shape index (κ3) is 3.23. The van der Waals surface area contributed by atoms with Gasteiger partial charge in [0.25, 0.3) is 5.91 Å². The van der Waals surface area contributed by atoms with Gasteiger partial charge in [-0.2, -0.15) is 0 Å². The number of piperidine rings is 1. The van der Waals surface area contributed by atoms with E-state index in [0.29, 0.717) is 38.0 Å². The molecule has 2 saturated heterocycles. The van der Waals surface area contributed by atoms with Crippen LogP contribution in [0.2, 0.25) is 0 Å². The average molecular weight is 331 g/mol. The molecule has 0 aromatic carbocycles. The largest absolute Gasteiger partial charge is 0.441 e. The van der Waals surface area contributed by atoms with Crippen LogP contribution in [-0.4, -0.2) is 58.1 Å². The average Bonchev–Trinajstić information content (AvgIpc) is 2.92. The van der Waals surface area contributed by atoms with Gasteiger partial charge in [-0.3, -0.25) is 9.78 Å². The number of amides is 2. The van der Waals surface area contributed by atoms with Crippen molar-refractivity contribution in [2.24, 2.45) is 0 Å². The lowest BCUT2D eigenvalue weighted by Gasteiger charge is -2.37. The SMILES string of the molecule is CCCC(C)N1CC2(CCN(C(=O)c3cccnc3)CC2)OC1=O. The van der Waals surface area contributed by atoms with Gasteiger partial charge in [0.05, 0.1) is 12.1 Å². The molecular formula is C18H25N3O3. The number of pyridine rings is 1. The summed E-state index contributed by atoms with van der Waals surface area (Å²) in [6.45, 7) is 6.05. The van der Waals surface area contributed by atoms with Gasteiger partial charge >= 0.3 is 6.09 Å². The highest BCUT2D eigenvalue weighted by atomic mass is 16.6. The standard InChI is InChI=1S/C18H25N3O3/c1-3-5-14(2)21-13-18(24-17(21)23)7-10-20(11-8-18)16(22)15-6-4-9-19-12-15/h4,6,9,12,14H,3,5,7-8,10-11,13H2,1-2H3. The minimum absolute atomic E-state index is 0.00141. The van der Waals surface area contributed by atoms with E-state index in [1.807, 2.05) is 9.80 Å². The van der Waals surface area contributed by atoms with E-state index < -0.39 is 5.60 Å². The second kappa shape index (κ2) is 6.79. The number of aromatic nitrogens is 1. The quantitative estimate of drug-likeness (QED) is 0.851. The third-order valence-corrected chi connectivity index (χ3v) is 5.11. The Kier molecular flexibility index (Phi) is 4.73. The first-order valence-electron chi connectivity index (χ1n) is 8.73. The van der Waals surface area contributed by atoms with Crippen molar-refractivity contribution in [2.75, 3.05) is 19.6 Å². The summed E-state index contributed by atoms with van der Waals surface area (Å²) < 4.78 is 5.74. The summed E-state index contributed by atoms with van der Waals surface area (Å²) in [5, 5.41) is 0. The van der Waals surface area contributed by atoms with Crippen molar-refractivity contribution in [1.29, 1.82) is 0 Å². The maximum Gasteiger partial charge on any atom is 0.410 e. The summed E-state index contributed by atoms with van der Waals surface area (Å²) >= 11 is 0. The zero-order chi connectivity index (χ0) is 17.2. The van der Waals surface area contributed by atoms with Crippen LogP contribution in [0.5, 0.6) is 0 Å². The number of hydrogen-bond donors (Lipinski definition) is 0. The van der Waals surface area contributed by atoms with Gasteiger partial charge in [0.2, 0.25) is 0 Å². The molecule has 0 aliphatic carbocycles. The van der Waals surface area contributed by atoms with Crippen molar-refractivity contribution in [3.63, 3.8) is 0 Å². The second-order valence-corrected chi connectivity index (χ2v) is 6.85. The highest BCUT2D eigenvalue weighted by Gasteiger charge is 2.48. The minimum atomic E-state index is -0.426. The molecule has 1 unspecified atom stereocenters. The first-order valence-corrected chi connectivity index (χ1v) is 8.73. The Balaban J connectivity index is 1.61. The lowest BCUT2D eigenvalue weighted by atomic mass is 9.90. The molecule has 1 atom stereocenters. The van der Waals surface area contributed by atoms with E-state index >= 15 is 0 Å². The van der Waals surface area contributed by atoms with Crippen molar-refractivity contribution < 1.29 is 14.3 Å². The third-order valence-electron chi connectivity index (χ3n) is 5.11. The van der Waals surface area contributed by atoms with Crippen LogP contribution in [0, 0.1) is 0 Å². The summed E-state index contributed by atoms with van der Waals surface area (Å²) in [5.41, 5.74) is 0.181. The molecule has 0 radical (unpaired) electrons. The number of likely N-dealkylation sites (tertiary alicyclic amines) is 1. The van der Waals surface area contributed by atoms with Crippen LogP contribution in [0.1, 0.15) is 49.9 Å². The van der Waals surface area contributed by atoms with Crippen molar-refractivity contribution >= 4 is 12.0 Å². The minimum Gasteiger partial charge on any atom is -0.441 e. The van der Waals surface area contributed by atoms with Gasteiger partial charge in [-0.1, -0.05) is 13.3 Å². The number of carbonyl (C=O) groups is 2. The molecule has 2 fully saturated rings. The number of ether oxygens (including phenoxy) is 1. The van der Waals surface area contributed by atoms with Gasteiger partial charge in [0.15, 0.2) is 0 Å². The van der Waals surface area contributed by atoms with Crippen LogP contribution >= 0.6 is 0 Å².